The van der Waals surface area contributed by atoms with Crippen LogP contribution in [0, 0.1) is 17.5 Å². The van der Waals surface area contributed by atoms with Crippen LogP contribution < -0.4 is 5.73 Å². The third-order valence-electron chi connectivity index (χ3n) is 2.31. The standard InChI is InChI=1S/C10H10F3NO2/c11-7-2-9(13)8(12)1-6(7)10-15-4-5(3-14)16-10/h1-2,5,10H,3-4,14H2. The molecule has 0 bridgehead atoms. The van der Waals surface area contributed by atoms with Gasteiger partial charge in [-0.25, -0.2) is 13.2 Å². The van der Waals surface area contributed by atoms with Gasteiger partial charge in [0.2, 0.25) is 0 Å². The Morgan fingerprint density at radius 1 is 1.19 bits per heavy atom. The SMILES string of the molecule is NCC1COC(c2cc(F)c(F)cc2F)O1. The Hall–Kier alpha value is -1.11. The van der Waals surface area contributed by atoms with Crippen molar-refractivity contribution in [3.63, 3.8) is 0 Å². The monoisotopic (exact) mass is 233 g/mol. The van der Waals surface area contributed by atoms with E-state index in [2.05, 4.69) is 0 Å². The lowest BCUT2D eigenvalue weighted by Crippen LogP contribution is -2.21. The van der Waals surface area contributed by atoms with Crippen LogP contribution >= 0.6 is 0 Å². The van der Waals surface area contributed by atoms with Crippen LogP contribution in [0.1, 0.15) is 11.9 Å². The van der Waals surface area contributed by atoms with Gasteiger partial charge in [-0.2, -0.15) is 0 Å². The molecule has 0 radical (unpaired) electrons. The van der Waals surface area contributed by atoms with Gasteiger partial charge in [0.05, 0.1) is 12.7 Å². The van der Waals surface area contributed by atoms with E-state index in [-0.39, 0.29) is 24.8 Å². The lowest BCUT2D eigenvalue weighted by atomic mass is 10.2. The summed E-state index contributed by atoms with van der Waals surface area (Å²) in [7, 11) is 0. The quantitative estimate of drug-likeness (QED) is 0.787. The summed E-state index contributed by atoms with van der Waals surface area (Å²) < 4.78 is 49.2. The zero-order valence-corrected chi connectivity index (χ0v) is 8.25. The molecule has 0 aliphatic carbocycles. The number of nitrogens with two attached hydrogens (primary N) is 1. The first-order valence-corrected chi connectivity index (χ1v) is 4.73. The van der Waals surface area contributed by atoms with Gasteiger partial charge in [-0.05, 0) is 6.07 Å². The molecule has 16 heavy (non-hydrogen) atoms. The van der Waals surface area contributed by atoms with E-state index in [0.29, 0.717) is 6.07 Å². The third kappa shape index (κ3) is 2.04. The minimum Gasteiger partial charge on any atom is -0.346 e. The second-order valence-electron chi connectivity index (χ2n) is 3.45. The van der Waals surface area contributed by atoms with Gasteiger partial charge >= 0.3 is 0 Å². The summed E-state index contributed by atoms with van der Waals surface area (Å²) in [5.41, 5.74) is 5.18. The maximum atomic E-state index is 13.3. The van der Waals surface area contributed by atoms with Gasteiger partial charge in [0.1, 0.15) is 5.82 Å². The van der Waals surface area contributed by atoms with Crippen LogP contribution in [0.2, 0.25) is 0 Å². The van der Waals surface area contributed by atoms with Crippen LogP contribution in [0.3, 0.4) is 0 Å². The number of ether oxygens (including phenoxy) is 2. The van der Waals surface area contributed by atoms with Crippen LogP contribution in [0.15, 0.2) is 12.1 Å². The van der Waals surface area contributed by atoms with Crippen LogP contribution in [-0.4, -0.2) is 19.3 Å². The number of halogens is 3. The van der Waals surface area contributed by atoms with Gasteiger partial charge in [-0.3, -0.25) is 0 Å². The van der Waals surface area contributed by atoms with E-state index in [4.69, 9.17) is 15.2 Å². The molecule has 2 atom stereocenters. The highest BCUT2D eigenvalue weighted by atomic mass is 19.2. The molecule has 6 heteroatoms. The van der Waals surface area contributed by atoms with Crippen molar-refractivity contribution >= 4 is 0 Å². The molecule has 1 aliphatic rings. The van der Waals surface area contributed by atoms with Gasteiger partial charge < -0.3 is 15.2 Å². The van der Waals surface area contributed by atoms with Gasteiger partial charge in [-0.1, -0.05) is 0 Å². The molecular formula is C10H10F3NO2. The second-order valence-corrected chi connectivity index (χ2v) is 3.45. The predicted octanol–water partition coefficient (Wildman–Crippen LogP) is 1.48. The Labute approximate surface area is 89.9 Å². The van der Waals surface area contributed by atoms with Crippen molar-refractivity contribution < 1.29 is 22.6 Å². The molecule has 1 saturated heterocycles. The average molecular weight is 233 g/mol. The van der Waals surface area contributed by atoms with Crippen LogP contribution in [0.25, 0.3) is 0 Å². The van der Waals surface area contributed by atoms with E-state index in [1.165, 1.54) is 0 Å². The van der Waals surface area contributed by atoms with E-state index in [0.717, 1.165) is 6.07 Å². The lowest BCUT2D eigenvalue weighted by Gasteiger charge is -2.11. The Morgan fingerprint density at radius 2 is 1.88 bits per heavy atom. The summed E-state index contributed by atoms with van der Waals surface area (Å²) in [5.74, 6) is -3.28. The molecule has 0 spiro atoms. The van der Waals surface area contributed by atoms with Gasteiger partial charge in [0, 0.05) is 18.2 Å². The maximum Gasteiger partial charge on any atom is 0.187 e. The molecular weight excluding hydrogens is 223 g/mol. The molecule has 0 amide bonds. The molecule has 0 saturated carbocycles. The van der Waals surface area contributed by atoms with Gasteiger partial charge in [0.25, 0.3) is 0 Å². The highest BCUT2D eigenvalue weighted by Gasteiger charge is 2.29. The fourth-order valence-corrected chi connectivity index (χ4v) is 1.45. The first-order chi connectivity index (χ1) is 7.61. The summed E-state index contributed by atoms with van der Waals surface area (Å²) in [6.45, 7) is 0.432. The molecule has 1 aromatic carbocycles. The zero-order chi connectivity index (χ0) is 11.7. The van der Waals surface area contributed by atoms with E-state index in [9.17, 15) is 13.2 Å². The Kier molecular flexibility index (Phi) is 3.13. The van der Waals surface area contributed by atoms with Crippen molar-refractivity contribution in [2.45, 2.75) is 12.4 Å². The minimum absolute atomic E-state index is 0.158. The highest BCUT2D eigenvalue weighted by molar-refractivity contribution is 5.21. The molecule has 88 valence electrons. The predicted molar refractivity (Wildman–Crippen MR) is 48.9 cm³/mol. The number of benzene rings is 1. The van der Waals surface area contributed by atoms with E-state index in [1.54, 1.807) is 0 Å². The van der Waals surface area contributed by atoms with Crippen molar-refractivity contribution in [3.05, 3.63) is 35.1 Å². The largest absolute Gasteiger partial charge is 0.346 e. The normalized spacial score (nSPS) is 25.0. The fraction of sp³-hybridized carbons (Fsp3) is 0.400. The summed E-state index contributed by atoms with van der Waals surface area (Å²) in [5, 5.41) is 0. The van der Waals surface area contributed by atoms with Crippen LogP contribution in [0.5, 0.6) is 0 Å². The fourth-order valence-electron chi connectivity index (χ4n) is 1.45. The molecule has 3 nitrogen and oxygen atoms in total. The first-order valence-electron chi connectivity index (χ1n) is 4.73. The molecule has 1 fully saturated rings. The molecule has 1 aliphatic heterocycles. The topological polar surface area (TPSA) is 44.5 Å². The molecule has 2 rings (SSSR count). The smallest absolute Gasteiger partial charge is 0.187 e. The molecule has 1 aromatic rings. The van der Waals surface area contributed by atoms with E-state index >= 15 is 0 Å². The summed E-state index contributed by atoms with van der Waals surface area (Å²) in [4.78, 5) is 0. The van der Waals surface area contributed by atoms with Crippen LogP contribution in [-0.2, 0) is 9.47 Å². The van der Waals surface area contributed by atoms with Gasteiger partial charge in [0.15, 0.2) is 17.9 Å². The summed E-state index contributed by atoms with van der Waals surface area (Å²) in [6.07, 6.45) is -1.37. The average Bonchev–Trinajstić information content (AvgIpc) is 2.71. The van der Waals surface area contributed by atoms with Crippen LogP contribution in [0.4, 0.5) is 13.2 Å². The number of hydrogen-bond acceptors (Lipinski definition) is 3. The molecule has 0 aromatic heterocycles. The minimum atomic E-state index is -1.24. The second kappa shape index (κ2) is 4.40. The van der Waals surface area contributed by atoms with E-state index < -0.39 is 23.7 Å². The molecule has 2 N–H and O–H groups in total. The maximum absolute atomic E-state index is 13.3. The Morgan fingerprint density at radius 3 is 2.50 bits per heavy atom. The third-order valence-corrected chi connectivity index (χ3v) is 2.31. The van der Waals surface area contributed by atoms with Crippen molar-refractivity contribution in [2.24, 2.45) is 5.73 Å². The van der Waals surface area contributed by atoms with Crippen molar-refractivity contribution in [2.75, 3.05) is 13.2 Å². The van der Waals surface area contributed by atoms with Crippen molar-refractivity contribution in [1.82, 2.24) is 0 Å². The number of hydrogen-bond donors (Lipinski definition) is 1. The number of rotatable bonds is 2. The molecule has 1 heterocycles. The molecule has 2 unspecified atom stereocenters. The summed E-state index contributed by atoms with van der Waals surface area (Å²) >= 11 is 0. The van der Waals surface area contributed by atoms with Crippen molar-refractivity contribution in [1.29, 1.82) is 0 Å². The summed E-state index contributed by atoms with van der Waals surface area (Å²) in [6, 6.07) is 1.20. The highest BCUT2D eigenvalue weighted by Crippen LogP contribution is 2.29. The van der Waals surface area contributed by atoms with Crippen molar-refractivity contribution in [3.8, 4) is 0 Å². The Balaban J connectivity index is 2.24. The van der Waals surface area contributed by atoms with Gasteiger partial charge in [-0.15, -0.1) is 0 Å². The zero-order valence-electron chi connectivity index (χ0n) is 8.25. The van der Waals surface area contributed by atoms with E-state index in [1.807, 2.05) is 0 Å². The first kappa shape index (κ1) is 11.4. The Bertz CT molecular complexity index is 400. The lowest BCUT2D eigenvalue weighted by molar-refractivity contribution is -0.0609.